The highest BCUT2D eigenvalue weighted by Gasteiger charge is 2.31. The Balaban J connectivity index is 1.54. The van der Waals surface area contributed by atoms with Gasteiger partial charge >= 0.3 is 0 Å². The Labute approximate surface area is 173 Å². The van der Waals surface area contributed by atoms with Crippen molar-refractivity contribution in [3.8, 4) is 0 Å². The Bertz CT molecular complexity index is 963. The first-order chi connectivity index (χ1) is 13.8. The van der Waals surface area contributed by atoms with Crippen molar-refractivity contribution in [3.63, 3.8) is 0 Å². The quantitative estimate of drug-likeness (QED) is 0.748. The van der Waals surface area contributed by atoms with E-state index in [9.17, 15) is 13.2 Å². The van der Waals surface area contributed by atoms with Gasteiger partial charge < -0.3 is 10.2 Å². The summed E-state index contributed by atoms with van der Waals surface area (Å²) in [5.41, 5.74) is 4.07. The molecule has 0 aliphatic carbocycles. The van der Waals surface area contributed by atoms with Crippen LogP contribution < -0.4 is 10.2 Å². The fourth-order valence-corrected chi connectivity index (χ4v) is 5.03. The van der Waals surface area contributed by atoms with Crippen LogP contribution in [-0.2, 0) is 21.2 Å². The summed E-state index contributed by atoms with van der Waals surface area (Å²) >= 11 is 0. The lowest BCUT2D eigenvalue weighted by molar-refractivity contribution is -0.895. The number of rotatable bonds is 6. The van der Waals surface area contributed by atoms with Gasteiger partial charge in [0.05, 0.1) is 31.1 Å². The molecule has 1 saturated heterocycles. The van der Waals surface area contributed by atoms with E-state index in [4.69, 9.17) is 0 Å². The molecule has 0 saturated carbocycles. The minimum Gasteiger partial charge on any atom is -0.325 e. The molecule has 1 aliphatic rings. The van der Waals surface area contributed by atoms with Gasteiger partial charge in [0.15, 0.2) is 6.54 Å². The first-order valence-electron chi connectivity index (χ1n) is 10.1. The number of anilines is 1. The number of amides is 1. The van der Waals surface area contributed by atoms with Crippen molar-refractivity contribution >= 4 is 21.6 Å². The summed E-state index contributed by atoms with van der Waals surface area (Å²) in [5, 5.41) is 2.93. The lowest BCUT2D eigenvalue weighted by atomic mass is 10.1. The predicted molar refractivity (Wildman–Crippen MR) is 115 cm³/mol. The number of sulfonamides is 1. The van der Waals surface area contributed by atoms with Gasteiger partial charge in [0.1, 0.15) is 0 Å². The molecule has 0 radical (unpaired) electrons. The van der Waals surface area contributed by atoms with Crippen LogP contribution in [0.25, 0.3) is 0 Å². The monoisotopic (exact) mass is 416 g/mol. The summed E-state index contributed by atoms with van der Waals surface area (Å²) in [6.07, 6.45) is 0.966. The molecule has 29 heavy (non-hydrogen) atoms. The summed E-state index contributed by atoms with van der Waals surface area (Å²) in [5.74, 6) is -0.0466. The van der Waals surface area contributed by atoms with Crippen molar-refractivity contribution in [2.24, 2.45) is 0 Å². The molecule has 2 aromatic carbocycles. The molecule has 1 aliphatic heterocycles. The Morgan fingerprint density at radius 2 is 1.69 bits per heavy atom. The maximum absolute atomic E-state index is 12.9. The summed E-state index contributed by atoms with van der Waals surface area (Å²) in [4.78, 5) is 13.8. The molecule has 1 heterocycles. The van der Waals surface area contributed by atoms with Gasteiger partial charge in [-0.1, -0.05) is 25.1 Å². The van der Waals surface area contributed by atoms with E-state index in [1.807, 2.05) is 44.2 Å². The van der Waals surface area contributed by atoms with Crippen molar-refractivity contribution in [2.45, 2.75) is 32.1 Å². The van der Waals surface area contributed by atoms with Crippen LogP contribution in [0.3, 0.4) is 0 Å². The van der Waals surface area contributed by atoms with Crippen LogP contribution >= 0.6 is 0 Å². The van der Waals surface area contributed by atoms with Crippen molar-refractivity contribution < 1.29 is 18.1 Å². The number of nitrogens with zero attached hydrogens (tertiary/aromatic N) is 1. The summed E-state index contributed by atoms with van der Waals surface area (Å²) in [6, 6.07) is 13.1. The van der Waals surface area contributed by atoms with Crippen LogP contribution in [0.5, 0.6) is 0 Å². The van der Waals surface area contributed by atoms with Crippen LogP contribution in [0, 0.1) is 13.8 Å². The van der Waals surface area contributed by atoms with E-state index in [2.05, 4.69) is 12.2 Å². The average Bonchev–Trinajstić information content (AvgIpc) is 2.71. The highest BCUT2D eigenvalue weighted by molar-refractivity contribution is 7.89. The third-order valence-electron chi connectivity index (χ3n) is 5.60. The van der Waals surface area contributed by atoms with E-state index in [1.165, 1.54) is 9.87 Å². The molecular formula is C22H30N3O3S+. The van der Waals surface area contributed by atoms with Crippen molar-refractivity contribution in [2.75, 3.05) is 38.0 Å². The van der Waals surface area contributed by atoms with E-state index in [-0.39, 0.29) is 5.91 Å². The smallest absolute Gasteiger partial charge is 0.279 e. The molecule has 0 atom stereocenters. The first kappa shape index (κ1) is 21.5. The van der Waals surface area contributed by atoms with Crippen molar-refractivity contribution in [3.05, 3.63) is 59.2 Å². The molecule has 3 rings (SSSR count). The zero-order valence-electron chi connectivity index (χ0n) is 17.4. The second-order valence-corrected chi connectivity index (χ2v) is 9.61. The number of nitrogens with one attached hydrogen (secondary N) is 2. The van der Waals surface area contributed by atoms with E-state index >= 15 is 0 Å². The van der Waals surface area contributed by atoms with Gasteiger partial charge in [-0.15, -0.1) is 0 Å². The molecule has 0 bridgehead atoms. The first-order valence-corrected chi connectivity index (χ1v) is 11.5. The van der Waals surface area contributed by atoms with Crippen LogP contribution in [-0.4, -0.2) is 51.4 Å². The maximum Gasteiger partial charge on any atom is 0.279 e. The number of carbonyl (C=O) groups excluding carboxylic acids is 1. The normalized spacial score (nSPS) is 16.0. The number of carbonyl (C=O) groups is 1. The number of hydrogen-bond acceptors (Lipinski definition) is 3. The second kappa shape index (κ2) is 9.07. The third kappa shape index (κ3) is 5.23. The van der Waals surface area contributed by atoms with E-state index in [0.717, 1.165) is 28.1 Å². The van der Waals surface area contributed by atoms with E-state index < -0.39 is 10.0 Å². The lowest BCUT2D eigenvalue weighted by Gasteiger charge is -2.31. The van der Waals surface area contributed by atoms with E-state index in [0.29, 0.717) is 37.6 Å². The molecule has 156 valence electrons. The maximum atomic E-state index is 12.9. The van der Waals surface area contributed by atoms with Crippen LogP contribution in [0.15, 0.2) is 47.4 Å². The molecule has 2 N–H and O–H groups in total. The predicted octanol–water partition coefficient (Wildman–Crippen LogP) is 1.39. The number of piperazine rings is 1. The topological polar surface area (TPSA) is 70.9 Å². The summed E-state index contributed by atoms with van der Waals surface area (Å²) < 4.78 is 27.4. The molecular weight excluding hydrogens is 386 g/mol. The summed E-state index contributed by atoms with van der Waals surface area (Å²) in [7, 11) is -3.49. The fraction of sp³-hybridized carbons (Fsp3) is 0.409. The Hall–Kier alpha value is -2.22. The molecule has 0 unspecified atom stereocenters. The van der Waals surface area contributed by atoms with Crippen molar-refractivity contribution in [1.82, 2.24) is 4.31 Å². The second-order valence-electron chi connectivity index (χ2n) is 7.68. The molecule has 7 heteroatoms. The number of aryl methyl sites for hydroxylation is 3. The minimum absolute atomic E-state index is 0.0466. The standard InChI is InChI=1S/C22H29N3O3S/c1-4-19-6-8-20(9-7-19)23-22(26)16-24-11-13-25(14-12-24)29(27,28)21-10-5-17(2)18(3)15-21/h5-10,15H,4,11-14,16H2,1-3H3,(H,23,26)/p+1. The number of quaternary nitrogens is 1. The molecule has 0 aromatic heterocycles. The van der Waals surface area contributed by atoms with Gasteiger partial charge in [0.2, 0.25) is 10.0 Å². The Kier molecular flexibility index (Phi) is 6.72. The molecule has 1 fully saturated rings. The summed E-state index contributed by atoms with van der Waals surface area (Å²) in [6.45, 7) is 8.40. The van der Waals surface area contributed by atoms with Gasteiger partial charge in [-0.25, -0.2) is 8.42 Å². The van der Waals surface area contributed by atoms with Gasteiger partial charge in [0, 0.05) is 5.69 Å². The molecule has 0 spiro atoms. The lowest BCUT2D eigenvalue weighted by Crippen LogP contribution is -3.15. The van der Waals surface area contributed by atoms with Gasteiger partial charge in [-0.2, -0.15) is 4.31 Å². The zero-order valence-corrected chi connectivity index (χ0v) is 18.2. The van der Waals surface area contributed by atoms with Gasteiger partial charge in [0.25, 0.3) is 5.91 Å². The van der Waals surface area contributed by atoms with E-state index in [1.54, 1.807) is 12.1 Å². The van der Waals surface area contributed by atoms with Crippen LogP contribution in [0.1, 0.15) is 23.6 Å². The molecule has 1 amide bonds. The number of hydrogen-bond donors (Lipinski definition) is 2. The van der Waals surface area contributed by atoms with Crippen LogP contribution in [0.2, 0.25) is 0 Å². The molecule has 6 nitrogen and oxygen atoms in total. The van der Waals surface area contributed by atoms with Crippen LogP contribution in [0.4, 0.5) is 5.69 Å². The fourth-order valence-electron chi connectivity index (χ4n) is 3.50. The Morgan fingerprint density at radius 3 is 2.28 bits per heavy atom. The van der Waals surface area contributed by atoms with Crippen molar-refractivity contribution in [1.29, 1.82) is 0 Å². The number of benzene rings is 2. The SMILES string of the molecule is CCc1ccc(NC(=O)C[NH+]2CCN(S(=O)(=O)c3ccc(C)c(C)c3)CC2)cc1. The van der Waals surface area contributed by atoms with Gasteiger partial charge in [-0.05, 0) is 61.2 Å². The highest BCUT2D eigenvalue weighted by atomic mass is 32.2. The average molecular weight is 417 g/mol. The largest absolute Gasteiger partial charge is 0.325 e. The molecule has 2 aromatic rings. The minimum atomic E-state index is -3.49. The third-order valence-corrected chi connectivity index (χ3v) is 7.50. The Morgan fingerprint density at radius 1 is 1.03 bits per heavy atom. The van der Waals surface area contributed by atoms with Gasteiger partial charge in [-0.3, -0.25) is 4.79 Å². The zero-order chi connectivity index (χ0) is 21.0. The highest BCUT2D eigenvalue weighted by Crippen LogP contribution is 2.19.